The molecule has 0 spiro atoms. The van der Waals surface area contributed by atoms with Crippen LogP contribution in [0.4, 0.5) is 0 Å². The molecule has 0 aliphatic rings. The van der Waals surface area contributed by atoms with Gasteiger partial charge in [-0.15, -0.1) is 0 Å². The monoisotopic (exact) mass is 120 g/mol. The van der Waals surface area contributed by atoms with Crippen molar-refractivity contribution >= 4 is 11.9 Å². The van der Waals surface area contributed by atoms with E-state index < -0.39 is 11.9 Å². The Balaban J connectivity index is 3.18. The van der Waals surface area contributed by atoms with Crippen LogP contribution in [-0.2, 0) is 9.59 Å². The van der Waals surface area contributed by atoms with E-state index in [-0.39, 0.29) is 12.8 Å². The Morgan fingerprint density at radius 2 is 2.12 bits per heavy atom. The molecule has 4 heteroatoms. The van der Waals surface area contributed by atoms with Crippen molar-refractivity contribution < 1.29 is 19.8 Å². The minimum absolute atomic E-state index is 0.296. The second kappa shape index (κ2) is 3.01. The third-order valence-electron chi connectivity index (χ3n) is 0.553. The van der Waals surface area contributed by atoms with Gasteiger partial charge in [0.05, 0.1) is 12.8 Å². The maximum Gasteiger partial charge on any atom is 0.303 e. The molecule has 0 fully saturated rings. The van der Waals surface area contributed by atoms with Gasteiger partial charge in [-0.25, -0.2) is 0 Å². The normalized spacial score (nSPS) is 8.50. The van der Waals surface area contributed by atoms with Crippen molar-refractivity contribution in [2.45, 2.75) is 12.8 Å². The van der Waals surface area contributed by atoms with Crippen molar-refractivity contribution in [3.05, 3.63) is 0 Å². The van der Waals surface area contributed by atoms with E-state index in [1.165, 1.54) is 0 Å². The lowest BCUT2D eigenvalue weighted by molar-refractivity contribution is -0.143. The Morgan fingerprint density at radius 3 is 2.25 bits per heavy atom. The van der Waals surface area contributed by atoms with Gasteiger partial charge in [-0.05, 0) is 0 Å². The summed E-state index contributed by atoms with van der Waals surface area (Å²) in [6, 6.07) is 0. The highest BCUT2D eigenvalue weighted by Crippen LogP contribution is 1.85. The Labute approximate surface area is 45.7 Å². The highest BCUT2D eigenvalue weighted by molar-refractivity contribution is 5.75. The lowest BCUT2D eigenvalue weighted by Gasteiger charge is -1.85. The van der Waals surface area contributed by atoms with Crippen molar-refractivity contribution in [3.63, 3.8) is 0 Å². The molecule has 0 aromatic carbocycles. The number of carbonyl (C=O) groups is 2. The molecule has 0 amide bonds. The van der Waals surface area contributed by atoms with Gasteiger partial charge < -0.3 is 10.2 Å². The smallest absolute Gasteiger partial charge is 0.303 e. The minimum Gasteiger partial charge on any atom is -0.481 e. The number of carboxylic acids is 2. The van der Waals surface area contributed by atoms with Crippen LogP contribution in [0.3, 0.4) is 0 Å². The van der Waals surface area contributed by atoms with Crippen LogP contribution < -0.4 is 0 Å². The summed E-state index contributed by atoms with van der Waals surface area (Å²) < 4.78 is 0. The van der Waals surface area contributed by atoms with Gasteiger partial charge in [0, 0.05) is 0 Å². The molecule has 0 aromatic heterocycles. The van der Waals surface area contributed by atoms with Gasteiger partial charge in [-0.1, -0.05) is 0 Å². The van der Waals surface area contributed by atoms with Crippen molar-refractivity contribution in [1.29, 1.82) is 0 Å². The van der Waals surface area contributed by atoms with Crippen LogP contribution in [0.15, 0.2) is 0 Å². The molecule has 8 heavy (non-hydrogen) atoms. The van der Waals surface area contributed by atoms with E-state index in [2.05, 4.69) is 0 Å². The molecule has 0 aliphatic carbocycles. The van der Waals surface area contributed by atoms with Crippen LogP contribution in [0, 0.1) is 0 Å². The highest BCUT2D eigenvalue weighted by Gasteiger charge is 2.00. The van der Waals surface area contributed by atoms with Crippen molar-refractivity contribution in [3.8, 4) is 0 Å². The molecule has 0 heterocycles. The van der Waals surface area contributed by atoms with Crippen LogP contribution in [0.2, 0.25) is 0 Å². The predicted octanol–water partition coefficient (Wildman–Crippen LogP) is -0.0642. The van der Waals surface area contributed by atoms with E-state index in [1.807, 2.05) is 0 Å². The molecule has 4 nitrogen and oxygen atoms in total. The summed E-state index contributed by atoms with van der Waals surface area (Å²) >= 11 is 0. The van der Waals surface area contributed by atoms with Gasteiger partial charge in [0.1, 0.15) is 0 Å². The Hall–Kier alpha value is -1.06. The van der Waals surface area contributed by atoms with Gasteiger partial charge in [0.15, 0.2) is 0 Å². The Kier molecular flexibility index (Phi) is 2.61. The van der Waals surface area contributed by atoms with Crippen LogP contribution >= 0.6 is 0 Å². The van der Waals surface area contributed by atoms with Crippen molar-refractivity contribution in [2.75, 3.05) is 0 Å². The first-order valence-corrected chi connectivity index (χ1v) is 2.06. The van der Waals surface area contributed by atoms with Crippen molar-refractivity contribution in [2.24, 2.45) is 0 Å². The standard InChI is InChI=1S/C4H6O4/c5-3(6)1-2-4(7)8/h1-2H2,(H,5,6)(H,7,8)/i3+2. The Morgan fingerprint density at radius 1 is 1.62 bits per heavy atom. The molecule has 0 saturated heterocycles. The molecule has 0 bridgehead atoms. The van der Waals surface area contributed by atoms with Gasteiger partial charge in [0.2, 0.25) is 0 Å². The molecule has 0 aliphatic heterocycles. The SMILES string of the molecule is O=C(O)CC[14C](=O)O. The third-order valence-corrected chi connectivity index (χ3v) is 0.553. The summed E-state index contributed by atoms with van der Waals surface area (Å²) in [5, 5.41) is 15.8. The fraction of sp³-hybridized carbons (Fsp3) is 0.500. The average Bonchev–Trinajstić information content (AvgIpc) is 1.61. The summed E-state index contributed by atoms with van der Waals surface area (Å²) in [5.41, 5.74) is 0. The molecule has 0 aromatic rings. The lowest BCUT2D eigenvalue weighted by Crippen LogP contribution is -2.00. The molecule has 2 N–H and O–H groups in total. The van der Waals surface area contributed by atoms with Gasteiger partial charge in [0.25, 0.3) is 0 Å². The second-order valence-electron chi connectivity index (χ2n) is 1.29. The zero-order chi connectivity index (χ0) is 6.57. The maximum atomic E-state index is 9.64. The quantitative estimate of drug-likeness (QED) is 0.546. The van der Waals surface area contributed by atoms with Crippen LogP contribution in [0.25, 0.3) is 0 Å². The molecular weight excluding hydrogens is 114 g/mol. The van der Waals surface area contributed by atoms with E-state index in [4.69, 9.17) is 10.2 Å². The molecule has 0 saturated carbocycles. The first-order chi connectivity index (χ1) is 3.63. The summed E-state index contributed by atoms with van der Waals surface area (Å²) in [6.07, 6.45) is -0.593. The van der Waals surface area contributed by atoms with E-state index in [0.29, 0.717) is 0 Å². The number of carboxylic acid groups (broad SMARTS) is 2. The number of aliphatic carboxylic acids is 2. The largest absolute Gasteiger partial charge is 0.481 e. The van der Waals surface area contributed by atoms with E-state index in [9.17, 15) is 9.59 Å². The van der Waals surface area contributed by atoms with Gasteiger partial charge in [-0.2, -0.15) is 0 Å². The fourth-order valence-corrected chi connectivity index (χ4v) is 0.214. The van der Waals surface area contributed by atoms with Gasteiger partial charge in [-0.3, -0.25) is 9.59 Å². The first-order valence-electron chi connectivity index (χ1n) is 2.06. The summed E-state index contributed by atoms with van der Waals surface area (Å²) in [5.74, 6) is -2.15. The number of hydrogen-bond donors (Lipinski definition) is 2. The first kappa shape index (κ1) is 6.94. The van der Waals surface area contributed by atoms with Crippen molar-refractivity contribution in [1.82, 2.24) is 0 Å². The highest BCUT2D eigenvalue weighted by atomic mass is 16.6. The van der Waals surface area contributed by atoms with E-state index in [1.54, 1.807) is 0 Å². The fourth-order valence-electron chi connectivity index (χ4n) is 0.214. The van der Waals surface area contributed by atoms with Crippen LogP contribution in [0.1, 0.15) is 12.8 Å². The minimum atomic E-state index is -1.08. The lowest BCUT2D eigenvalue weighted by atomic mass is 10.4. The third kappa shape index (κ3) is 4.94. The maximum absolute atomic E-state index is 9.64. The number of rotatable bonds is 3. The molecule has 46 valence electrons. The second-order valence-corrected chi connectivity index (χ2v) is 1.29. The Bertz CT molecular complexity index is 92.6. The topological polar surface area (TPSA) is 74.6 Å². The van der Waals surface area contributed by atoms with Crippen LogP contribution in [-0.4, -0.2) is 22.2 Å². The predicted molar refractivity (Wildman–Crippen MR) is 24.5 cm³/mol. The van der Waals surface area contributed by atoms with E-state index >= 15 is 0 Å². The zero-order valence-corrected chi connectivity index (χ0v) is 4.13. The summed E-state index contributed by atoms with van der Waals surface area (Å²) in [7, 11) is 0. The zero-order valence-electron chi connectivity index (χ0n) is 4.13. The van der Waals surface area contributed by atoms with Gasteiger partial charge >= 0.3 is 11.9 Å². The summed E-state index contributed by atoms with van der Waals surface area (Å²) in [6.45, 7) is 0. The summed E-state index contributed by atoms with van der Waals surface area (Å²) in [4.78, 5) is 19.3. The average molecular weight is 120 g/mol. The molecule has 0 unspecified atom stereocenters. The van der Waals surface area contributed by atoms with Crippen LogP contribution in [0.5, 0.6) is 0 Å². The molecule has 0 atom stereocenters. The molecule has 0 radical (unpaired) electrons. The number of hydrogen-bond acceptors (Lipinski definition) is 2. The van der Waals surface area contributed by atoms with E-state index in [0.717, 1.165) is 0 Å². The molecular formula is C4H6O4. The molecule has 0 rings (SSSR count).